The molecule has 6 nitrogen and oxygen atoms in total. The number of ether oxygens (including phenoxy) is 3. The van der Waals surface area contributed by atoms with Crippen molar-refractivity contribution >= 4 is 5.82 Å². The summed E-state index contributed by atoms with van der Waals surface area (Å²) in [4.78, 5) is 11.9. The number of fused-ring (bicyclic) bond motifs is 1. The molecule has 24 heavy (non-hydrogen) atoms. The third-order valence-electron chi connectivity index (χ3n) is 4.50. The Balaban J connectivity index is 1.77. The van der Waals surface area contributed by atoms with Gasteiger partial charge < -0.3 is 19.1 Å². The van der Waals surface area contributed by atoms with Crippen LogP contribution in [0.5, 0.6) is 11.5 Å². The maximum Gasteiger partial charge on any atom is 0.231 e. The normalized spacial score (nSPS) is 16.5. The van der Waals surface area contributed by atoms with Gasteiger partial charge in [-0.05, 0) is 31.5 Å². The molecule has 126 valence electrons. The predicted octanol–water partition coefficient (Wildman–Crippen LogP) is 2.58. The number of hydrogen-bond acceptors (Lipinski definition) is 6. The molecule has 0 radical (unpaired) electrons. The fourth-order valence-corrected chi connectivity index (χ4v) is 3.14. The van der Waals surface area contributed by atoms with E-state index in [0.717, 1.165) is 72.7 Å². The summed E-state index contributed by atoms with van der Waals surface area (Å²) in [6.45, 7) is 7.71. The fourth-order valence-electron chi connectivity index (χ4n) is 3.14. The number of rotatable bonds is 3. The van der Waals surface area contributed by atoms with E-state index in [4.69, 9.17) is 24.2 Å². The molecule has 0 unspecified atom stereocenters. The third kappa shape index (κ3) is 2.67. The zero-order chi connectivity index (χ0) is 16.5. The Labute approximate surface area is 141 Å². The van der Waals surface area contributed by atoms with Gasteiger partial charge in [-0.15, -0.1) is 0 Å². The first kappa shape index (κ1) is 15.2. The van der Waals surface area contributed by atoms with Gasteiger partial charge >= 0.3 is 0 Å². The summed E-state index contributed by atoms with van der Waals surface area (Å²) >= 11 is 0. The number of benzene rings is 1. The summed E-state index contributed by atoms with van der Waals surface area (Å²) < 4.78 is 16.3. The molecule has 3 heterocycles. The number of nitrogens with zero attached hydrogens (tertiary/aromatic N) is 3. The van der Waals surface area contributed by atoms with Crippen molar-refractivity contribution in [2.24, 2.45) is 0 Å². The Morgan fingerprint density at radius 1 is 1.08 bits per heavy atom. The number of aromatic nitrogens is 2. The molecule has 0 N–H and O–H groups in total. The minimum atomic E-state index is 0.271. The molecule has 1 fully saturated rings. The Morgan fingerprint density at radius 2 is 1.88 bits per heavy atom. The summed E-state index contributed by atoms with van der Waals surface area (Å²) in [5.41, 5.74) is 3.19. The zero-order valence-corrected chi connectivity index (χ0v) is 14.0. The van der Waals surface area contributed by atoms with Crippen molar-refractivity contribution < 1.29 is 14.2 Å². The topological polar surface area (TPSA) is 56.7 Å². The minimum Gasteiger partial charge on any atom is -0.454 e. The summed E-state index contributed by atoms with van der Waals surface area (Å²) in [5.74, 6) is 3.27. The smallest absolute Gasteiger partial charge is 0.231 e. The van der Waals surface area contributed by atoms with Gasteiger partial charge in [0.1, 0.15) is 5.82 Å². The molecule has 0 bridgehead atoms. The first-order valence-corrected chi connectivity index (χ1v) is 8.36. The largest absolute Gasteiger partial charge is 0.454 e. The van der Waals surface area contributed by atoms with E-state index in [2.05, 4.69) is 18.7 Å². The van der Waals surface area contributed by atoms with Gasteiger partial charge in [-0.25, -0.2) is 9.97 Å². The molecule has 0 amide bonds. The predicted molar refractivity (Wildman–Crippen MR) is 90.7 cm³/mol. The lowest BCUT2D eigenvalue weighted by Crippen LogP contribution is -2.37. The molecule has 0 atom stereocenters. The first-order chi connectivity index (χ1) is 11.8. The van der Waals surface area contributed by atoms with E-state index >= 15 is 0 Å². The molecule has 2 aliphatic rings. The molecular weight excluding hydrogens is 306 g/mol. The molecule has 1 aromatic carbocycles. The van der Waals surface area contributed by atoms with Gasteiger partial charge in [-0.3, -0.25) is 0 Å². The Morgan fingerprint density at radius 3 is 2.67 bits per heavy atom. The fraction of sp³-hybridized carbons (Fsp3) is 0.444. The lowest BCUT2D eigenvalue weighted by atomic mass is 10.1. The Bertz CT molecular complexity index is 757. The van der Waals surface area contributed by atoms with Crippen LogP contribution in [0.25, 0.3) is 11.4 Å². The summed E-state index contributed by atoms with van der Waals surface area (Å²) in [6, 6.07) is 5.86. The van der Waals surface area contributed by atoms with Crippen LogP contribution >= 0.6 is 0 Å². The number of hydrogen-bond donors (Lipinski definition) is 0. The average molecular weight is 327 g/mol. The maximum atomic E-state index is 5.48. The van der Waals surface area contributed by atoms with Gasteiger partial charge in [0, 0.05) is 29.9 Å². The highest BCUT2D eigenvalue weighted by atomic mass is 16.7. The summed E-state index contributed by atoms with van der Waals surface area (Å²) in [7, 11) is 0. The van der Waals surface area contributed by atoms with Crippen LogP contribution in [0.4, 0.5) is 5.82 Å². The van der Waals surface area contributed by atoms with Crippen LogP contribution in [0.15, 0.2) is 18.2 Å². The molecule has 2 aromatic rings. The van der Waals surface area contributed by atoms with Crippen LogP contribution in [0, 0.1) is 6.92 Å². The molecule has 1 aromatic heterocycles. The standard InChI is InChI=1S/C18H21N3O3/c1-3-14-12(2)18(21-6-8-22-9-7-21)20-17(19-14)13-4-5-15-16(10-13)24-11-23-15/h4-5,10H,3,6-9,11H2,1-2H3. The van der Waals surface area contributed by atoms with E-state index < -0.39 is 0 Å². The van der Waals surface area contributed by atoms with Crippen molar-refractivity contribution in [3.05, 3.63) is 29.5 Å². The lowest BCUT2D eigenvalue weighted by Gasteiger charge is -2.29. The van der Waals surface area contributed by atoms with Crippen LogP contribution in [-0.4, -0.2) is 43.1 Å². The number of morpholine rings is 1. The minimum absolute atomic E-state index is 0.271. The van der Waals surface area contributed by atoms with Crippen LogP contribution < -0.4 is 14.4 Å². The SMILES string of the molecule is CCc1nc(-c2ccc3c(c2)OCO3)nc(N2CCOCC2)c1C. The van der Waals surface area contributed by atoms with E-state index in [-0.39, 0.29) is 6.79 Å². The second-order valence-corrected chi connectivity index (χ2v) is 5.96. The van der Waals surface area contributed by atoms with Gasteiger partial charge in [0.05, 0.1) is 13.2 Å². The van der Waals surface area contributed by atoms with Crippen LogP contribution in [0.3, 0.4) is 0 Å². The summed E-state index contributed by atoms with van der Waals surface area (Å²) in [6.07, 6.45) is 0.878. The molecule has 2 aliphatic heterocycles. The van der Waals surface area contributed by atoms with Crippen LogP contribution in [0.1, 0.15) is 18.2 Å². The quantitative estimate of drug-likeness (QED) is 0.864. The van der Waals surface area contributed by atoms with Crippen molar-refractivity contribution in [3.8, 4) is 22.9 Å². The highest BCUT2D eigenvalue weighted by molar-refractivity contribution is 5.64. The van der Waals surface area contributed by atoms with Crippen LogP contribution in [-0.2, 0) is 11.2 Å². The summed E-state index contributed by atoms with van der Waals surface area (Å²) in [5, 5.41) is 0. The molecular formula is C18H21N3O3. The van der Waals surface area contributed by atoms with E-state index in [1.54, 1.807) is 0 Å². The van der Waals surface area contributed by atoms with Gasteiger partial charge in [-0.2, -0.15) is 0 Å². The molecule has 0 saturated carbocycles. The number of anilines is 1. The molecule has 1 saturated heterocycles. The van der Waals surface area contributed by atoms with Crippen molar-refractivity contribution in [1.82, 2.24) is 9.97 Å². The monoisotopic (exact) mass is 327 g/mol. The van der Waals surface area contributed by atoms with E-state index in [0.29, 0.717) is 0 Å². The van der Waals surface area contributed by atoms with Crippen LogP contribution in [0.2, 0.25) is 0 Å². The Hall–Kier alpha value is -2.34. The van der Waals surface area contributed by atoms with Gasteiger partial charge in [0.25, 0.3) is 0 Å². The van der Waals surface area contributed by atoms with E-state index in [9.17, 15) is 0 Å². The molecule has 0 aliphatic carbocycles. The number of aryl methyl sites for hydroxylation is 1. The molecule has 4 rings (SSSR count). The zero-order valence-electron chi connectivity index (χ0n) is 14.0. The first-order valence-electron chi connectivity index (χ1n) is 8.36. The lowest BCUT2D eigenvalue weighted by molar-refractivity contribution is 0.122. The second-order valence-electron chi connectivity index (χ2n) is 5.96. The Kier molecular flexibility index (Phi) is 3.98. The third-order valence-corrected chi connectivity index (χ3v) is 4.50. The van der Waals surface area contributed by atoms with Crippen molar-refractivity contribution in [1.29, 1.82) is 0 Å². The van der Waals surface area contributed by atoms with E-state index in [1.165, 1.54) is 0 Å². The van der Waals surface area contributed by atoms with Crippen molar-refractivity contribution in [3.63, 3.8) is 0 Å². The highest BCUT2D eigenvalue weighted by Crippen LogP contribution is 2.36. The van der Waals surface area contributed by atoms with Gasteiger partial charge in [0.15, 0.2) is 17.3 Å². The molecule has 6 heteroatoms. The van der Waals surface area contributed by atoms with Gasteiger partial charge in [-0.1, -0.05) is 6.92 Å². The maximum absolute atomic E-state index is 5.48. The van der Waals surface area contributed by atoms with Gasteiger partial charge in [0.2, 0.25) is 6.79 Å². The van der Waals surface area contributed by atoms with Crippen molar-refractivity contribution in [2.45, 2.75) is 20.3 Å². The van der Waals surface area contributed by atoms with E-state index in [1.807, 2.05) is 18.2 Å². The average Bonchev–Trinajstić information content (AvgIpc) is 3.10. The molecule has 0 spiro atoms. The van der Waals surface area contributed by atoms with Crippen molar-refractivity contribution in [2.75, 3.05) is 38.0 Å². The second kappa shape index (κ2) is 6.28. The highest BCUT2D eigenvalue weighted by Gasteiger charge is 2.20.